The number of nitrogens with one attached hydrogen (secondary N) is 2. The third kappa shape index (κ3) is 3.75. The van der Waals surface area contributed by atoms with Crippen LogP contribution in [0.1, 0.15) is 56.6 Å². The molecule has 2 heterocycles. The van der Waals surface area contributed by atoms with Crippen molar-refractivity contribution in [2.45, 2.75) is 32.2 Å². The van der Waals surface area contributed by atoms with E-state index >= 15 is 0 Å². The van der Waals surface area contributed by atoms with Gasteiger partial charge in [0.05, 0.1) is 19.3 Å². The molecule has 1 fully saturated rings. The van der Waals surface area contributed by atoms with E-state index < -0.39 is 0 Å². The summed E-state index contributed by atoms with van der Waals surface area (Å²) < 4.78 is 5.49. The number of aromatic nitrogens is 1. The molecule has 4 rings (SSSR count). The molecule has 1 aromatic carbocycles. The highest BCUT2D eigenvalue weighted by atomic mass is 16.5. The minimum Gasteiger partial charge on any atom is -0.379 e. The number of carbonyl (C=O) groups excluding carboxylic acids is 2. The molecule has 2 N–H and O–H groups in total. The maximum absolute atomic E-state index is 12.9. The first-order chi connectivity index (χ1) is 13.6. The molecule has 1 amide bonds. The summed E-state index contributed by atoms with van der Waals surface area (Å²) in [6.45, 7) is 5.49. The van der Waals surface area contributed by atoms with Crippen molar-refractivity contribution in [1.82, 2.24) is 15.2 Å². The highest BCUT2D eigenvalue weighted by Crippen LogP contribution is 2.27. The summed E-state index contributed by atoms with van der Waals surface area (Å²) in [7, 11) is 0. The fourth-order valence-corrected chi connectivity index (χ4v) is 4.30. The van der Waals surface area contributed by atoms with Crippen molar-refractivity contribution in [2.24, 2.45) is 0 Å². The average molecular weight is 381 g/mol. The summed E-state index contributed by atoms with van der Waals surface area (Å²) in [5.41, 5.74) is 4.12. The van der Waals surface area contributed by atoms with E-state index in [1.165, 1.54) is 5.56 Å². The van der Waals surface area contributed by atoms with Crippen LogP contribution in [-0.2, 0) is 11.2 Å². The number of carbonyl (C=O) groups is 2. The van der Waals surface area contributed by atoms with Gasteiger partial charge < -0.3 is 15.0 Å². The van der Waals surface area contributed by atoms with E-state index in [1.54, 1.807) is 0 Å². The van der Waals surface area contributed by atoms with E-state index in [0.29, 0.717) is 31.9 Å². The number of benzene rings is 1. The number of ketones is 1. The summed E-state index contributed by atoms with van der Waals surface area (Å²) in [6.07, 6.45) is 2.25. The van der Waals surface area contributed by atoms with Crippen LogP contribution in [0, 0.1) is 6.92 Å². The van der Waals surface area contributed by atoms with Gasteiger partial charge in [0.15, 0.2) is 5.78 Å². The minimum atomic E-state index is -0.145. The van der Waals surface area contributed by atoms with Gasteiger partial charge in [0.1, 0.15) is 5.69 Å². The van der Waals surface area contributed by atoms with Gasteiger partial charge in [-0.05, 0) is 30.9 Å². The molecule has 148 valence electrons. The lowest BCUT2D eigenvalue weighted by atomic mass is 9.94. The lowest BCUT2D eigenvalue weighted by Gasteiger charge is -2.34. The molecular weight excluding hydrogens is 354 g/mol. The number of aromatic amines is 1. The predicted molar refractivity (Wildman–Crippen MR) is 107 cm³/mol. The van der Waals surface area contributed by atoms with Gasteiger partial charge in [-0.2, -0.15) is 0 Å². The van der Waals surface area contributed by atoms with Crippen LogP contribution < -0.4 is 5.32 Å². The van der Waals surface area contributed by atoms with Gasteiger partial charge in [0, 0.05) is 37.3 Å². The second-order valence-electron chi connectivity index (χ2n) is 7.54. The van der Waals surface area contributed by atoms with Gasteiger partial charge in [0.25, 0.3) is 5.91 Å². The van der Waals surface area contributed by atoms with Crippen LogP contribution in [0.4, 0.5) is 0 Å². The van der Waals surface area contributed by atoms with Crippen molar-refractivity contribution in [3.8, 4) is 0 Å². The van der Waals surface area contributed by atoms with Gasteiger partial charge >= 0.3 is 0 Å². The summed E-state index contributed by atoms with van der Waals surface area (Å²) in [6, 6.07) is 10.4. The molecule has 0 saturated carbocycles. The zero-order valence-corrected chi connectivity index (χ0v) is 16.3. The van der Waals surface area contributed by atoms with Gasteiger partial charge in [-0.3, -0.25) is 14.5 Å². The van der Waals surface area contributed by atoms with E-state index in [4.69, 9.17) is 4.74 Å². The Morgan fingerprint density at radius 3 is 2.68 bits per heavy atom. The van der Waals surface area contributed by atoms with Crippen LogP contribution >= 0.6 is 0 Å². The Balaban J connectivity index is 1.51. The number of nitrogens with zero attached hydrogens (tertiary/aromatic N) is 1. The molecule has 28 heavy (non-hydrogen) atoms. The standard InChI is InChI=1S/C22H27N3O3/c1-15-20-17(8-5-9-19(20)26)24-21(15)22(27)23-14-18(16-6-3-2-4-7-16)25-10-12-28-13-11-25/h2-4,6-7,18,24H,5,8-14H2,1H3,(H,23,27). The fourth-order valence-electron chi connectivity index (χ4n) is 4.30. The molecule has 0 spiro atoms. The molecule has 2 aliphatic rings. The smallest absolute Gasteiger partial charge is 0.268 e. The number of morpholine rings is 1. The Morgan fingerprint density at radius 1 is 1.21 bits per heavy atom. The zero-order valence-electron chi connectivity index (χ0n) is 16.3. The maximum Gasteiger partial charge on any atom is 0.268 e. The van der Waals surface area contributed by atoms with E-state index in [9.17, 15) is 9.59 Å². The minimum absolute atomic E-state index is 0.0978. The van der Waals surface area contributed by atoms with Crippen LogP contribution in [0.2, 0.25) is 0 Å². The Kier molecular flexibility index (Phi) is 5.59. The highest BCUT2D eigenvalue weighted by Gasteiger charge is 2.28. The van der Waals surface area contributed by atoms with E-state index in [2.05, 4.69) is 27.3 Å². The summed E-state index contributed by atoms with van der Waals surface area (Å²) in [5.74, 6) is -0.00146. The van der Waals surface area contributed by atoms with Crippen LogP contribution in [0.25, 0.3) is 0 Å². The summed E-state index contributed by atoms with van der Waals surface area (Å²) in [5, 5.41) is 3.10. The average Bonchev–Trinajstić information content (AvgIpc) is 3.07. The molecule has 0 radical (unpaired) electrons. The normalized spacial score (nSPS) is 18.5. The molecule has 6 nitrogen and oxygen atoms in total. The van der Waals surface area contributed by atoms with Gasteiger partial charge in [0.2, 0.25) is 0 Å². The molecule has 1 unspecified atom stereocenters. The number of hydrogen-bond donors (Lipinski definition) is 2. The molecule has 1 aromatic heterocycles. The quantitative estimate of drug-likeness (QED) is 0.835. The molecule has 0 bridgehead atoms. The lowest BCUT2D eigenvalue weighted by molar-refractivity contribution is 0.0162. The summed E-state index contributed by atoms with van der Waals surface area (Å²) in [4.78, 5) is 30.7. The number of ether oxygens (including phenoxy) is 1. The third-order valence-corrected chi connectivity index (χ3v) is 5.79. The Hall–Kier alpha value is -2.44. The van der Waals surface area contributed by atoms with Crippen molar-refractivity contribution >= 4 is 11.7 Å². The monoisotopic (exact) mass is 381 g/mol. The fraction of sp³-hybridized carbons (Fsp3) is 0.455. The first-order valence-electron chi connectivity index (χ1n) is 10.0. The van der Waals surface area contributed by atoms with Crippen LogP contribution in [-0.4, -0.2) is 54.4 Å². The van der Waals surface area contributed by atoms with Gasteiger partial charge in [-0.25, -0.2) is 0 Å². The third-order valence-electron chi connectivity index (χ3n) is 5.79. The van der Waals surface area contributed by atoms with Crippen molar-refractivity contribution < 1.29 is 14.3 Å². The van der Waals surface area contributed by atoms with Crippen molar-refractivity contribution in [1.29, 1.82) is 0 Å². The molecule has 2 aromatic rings. The van der Waals surface area contributed by atoms with Gasteiger partial charge in [-0.15, -0.1) is 0 Å². The second-order valence-corrected chi connectivity index (χ2v) is 7.54. The van der Waals surface area contributed by atoms with Gasteiger partial charge in [-0.1, -0.05) is 30.3 Å². The number of H-pyrrole nitrogens is 1. The van der Waals surface area contributed by atoms with Crippen molar-refractivity contribution in [3.63, 3.8) is 0 Å². The molecule has 1 aliphatic heterocycles. The molecule has 1 saturated heterocycles. The van der Waals surface area contributed by atoms with E-state index in [1.807, 2.05) is 25.1 Å². The Bertz CT molecular complexity index is 853. The van der Waals surface area contributed by atoms with E-state index in [-0.39, 0.29) is 17.7 Å². The SMILES string of the molecule is Cc1c(C(=O)NCC(c2ccccc2)N2CCOCC2)[nH]c2c1C(=O)CCC2. The Labute approximate surface area is 165 Å². The number of Topliss-reactive ketones (excluding diaryl/α,β-unsaturated/α-hetero) is 1. The number of fused-ring (bicyclic) bond motifs is 1. The largest absolute Gasteiger partial charge is 0.379 e. The topological polar surface area (TPSA) is 74.4 Å². The number of hydrogen-bond acceptors (Lipinski definition) is 4. The van der Waals surface area contributed by atoms with Crippen molar-refractivity contribution in [3.05, 3.63) is 58.4 Å². The molecular formula is C22H27N3O3. The zero-order chi connectivity index (χ0) is 19.5. The Morgan fingerprint density at radius 2 is 1.96 bits per heavy atom. The van der Waals surface area contributed by atoms with Crippen LogP contribution in [0.5, 0.6) is 0 Å². The number of aryl methyl sites for hydroxylation is 1. The highest BCUT2D eigenvalue weighted by molar-refractivity contribution is 6.04. The molecule has 6 heteroatoms. The maximum atomic E-state index is 12.9. The summed E-state index contributed by atoms with van der Waals surface area (Å²) >= 11 is 0. The van der Waals surface area contributed by atoms with Crippen LogP contribution in [0.3, 0.4) is 0 Å². The first kappa shape index (κ1) is 18.9. The number of amides is 1. The van der Waals surface area contributed by atoms with Crippen LogP contribution in [0.15, 0.2) is 30.3 Å². The molecule has 1 atom stereocenters. The van der Waals surface area contributed by atoms with Crippen molar-refractivity contribution in [2.75, 3.05) is 32.8 Å². The lowest BCUT2D eigenvalue weighted by Crippen LogP contribution is -2.44. The first-order valence-corrected chi connectivity index (χ1v) is 10.0. The predicted octanol–water partition coefficient (Wildman–Crippen LogP) is 2.65. The molecule has 1 aliphatic carbocycles. The second kappa shape index (κ2) is 8.29. The number of rotatable bonds is 5. The van der Waals surface area contributed by atoms with E-state index in [0.717, 1.165) is 42.8 Å².